The van der Waals surface area contributed by atoms with Gasteiger partial charge in [0, 0.05) is 13.1 Å². The van der Waals surface area contributed by atoms with Crippen molar-refractivity contribution in [2.75, 3.05) is 18.0 Å². The molecule has 1 aromatic carbocycles. The number of para-hydroxylation sites is 1. The zero-order valence-electron chi connectivity index (χ0n) is 11.8. The lowest BCUT2D eigenvalue weighted by molar-refractivity contribution is -0.142. The summed E-state index contributed by atoms with van der Waals surface area (Å²) in [6.45, 7) is 3.25. The van der Waals surface area contributed by atoms with Crippen molar-refractivity contribution in [1.29, 1.82) is 0 Å². The van der Waals surface area contributed by atoms with Crippen molar-refractivity contribution in [3.8, 4) is 5.69 Å². The molecule has 1 N–H and O–H groups in total. The van der Waals surface area contributed by atoms with Crippen LogP contribution in [0.15, 0.2) is 30.3 Å². The van der Waals surface area contributed by atoms with Crippen molar-refractivity contribution in [1.82, 2.24) is 20.2 Å². The summed E-state index contributed by atoms with van der Waals surface area (Å²) >= 11 is 0. The molecule has 7 nitrogen and oxygen atoms in total. The number of aromatic nitrogens is 4. The highest BCUT2D eigenvalue weighted by molar-refractivity contribution is 5.71. The number of carboxylic acids is 1. The van der Waals surface area contributed by atoms with Gasteiger partial charge in [-0.25, -0.2) is 0 Å². The Bertz CT molecular complexity index is 627. The van der Waals surface area contributed by atoms with E-state index in [2.05, 4.69) is 22.4 Å². The predicted octanol–water partition coefficient (Wildman–Crippen LogP) is 1.21. The zero-order valence-corrected chi connectivity index (χ0v) is 11.8. The number of benzene rings is 1. The lowest BCUT2D eigenvalue weighted by atomic mass is 9.91. The fraction of sp³-hybridized carbons (Fsp3) is 0.429. The predicted molar refractivity (Wildman–Crippen MR) is 76.3 cm³/mol. The lowest BCUT2D eigenvalue weighted by Crippen LogP contribution is -2.43. The number of rotatable bonds is 3. The molecular weight excluding hydrogens is 270 g/mol. The van der Waals surface area contributed by atoms with Crippen LogP contribution in [0.1, 0.15) is 13.3 Å². The van der Waals surface area contributed by atoms with Gasteiger partial charge in [-0.15, -0.1) is 0 Å². The molecule has 1 aromatic heterocycles. The molecule has 1 saturated heterocycles. The molecule has 3 rings (SSSR count). The van der Waals surface area contributed by atoms with Crippen molar-refractivity contribution in [2.45, 2.75) is 13.3 Å². The molecule has 0 radical (unpaired) electrons. The van der Waals surface area contributed by atoms with Crippen molar-refractivity contribution in [3.05, 3.63) is 30.3 Å². The van der Waals surface area contributed by atoms with Gasteiger partial charge in [-0.1, -0.05) is 30.2 Å². The number of carboxylic acid groups (broad SMARTS) is 1. The maximum atomic E-state index is 11.3. The van der Waals surface area contributed by atoms with Crippen molar-refractivity contribution >= 4 is 11.9 Å². The number of nitrogens with zero attached hydrogens (tertiary/aromatic N) is 5. The van der Waals surface area contributed by atoms with Crippen molar-refractivity contribution in [2.24, 2.45) is 11.8 Å². The highest BCUT2D eigenvalue weighted by Gasteiger charge is 2.32. The normalized spacial score (nSPS) is 22.2. The van der Waals surface area contributed by atoms with Crippen LogP contribution in [0.4, 0.5) is 5.95 Å². The monoisotopic (exact) mass is 287 g/mol. The third kappa shape index (κ3) is 2.72. The number of carbonyl (C=O) groups is 1. The van der Waals surface area contributed by atoms with Crippen LogP contribution in [-0.4, -0.2) is 44.4 Å². The molecule has 1 aliphatic rings. The lowest BCUT2D eigenvalue weighted by Gasteiger charge is -2.34. The summed E-state index contributed by atoms with van der Waals surface area (Å²) in [6, 6.07) is 9.60. The molecule has 0 saturated carbocycles. The summed E-state index contributed by atoms with van der Waals surface area (Å²) in [5.74, 6) is -0.250. The van der Waals surface area contributed by atoms with E-state index in [1.54, 1.807) is 4.68 Å². The highest BCUT2D eigenvalue weighted by atomic mass is 16.4. The van der Waals surface area contributed by atoms with Gasteiger partial charge < -0.3 is 10.0 Å². The number of hydrogen-bond donors (Lipinski definition) is 1. The molecule has 21 heavy (non-hydrogen) atoms. The zero-order chi connectivity index (χ0) is 14.8. The minimum atomic E-state index is -0.759. The van der Waals surface area contributed by atoms with Crippen LogP contribution >= 0.6 is 0 Å². The SMILES string of the molecule is CC1CC(C(=O)O)CN(c2nnnn2-c2ccccc2)C1. The average molecular weight is 287 g/mol. The average Bonchev–Trinajstić information content (AvgIpc) is 2.97. The maximum absolute atomic E-state index is 11.3. The number of piperidine rings is 1. The third-order valence-corrected chi connectivity index (χ3v) is 3.75. The van der Waals surface area contributed by atoms with E-state index < -0.39 is 5.97 Å². The van der Waals surface area contributed by atoms with Crippen LogP contribution in [-0.2, 0) is 4.79 Å². The molecule has 2 aromatic rings. The van der Waals surface area contributed by atoms with E-state index in [-0.39, 0.29) is 5.92 Å². The standard InChI is InChI=1S/C14H17N5O2/c1-10-7-11(13(20)21)9-18(8-10)14-15-16-17-19(14)12-5-3-2-4-6-12/h2-6,10-11H,7-9H2,1H3,(H,20,21). The van der Waals surface area contributed by atoms with Crippen LogP contribution in [0.25, 0.3) is 5.69 Å². The quantitative estimate of drug-likeness (QED) is 0.913. The van der Waals surface area contributed by atoms with Gasteiger partial charge in [-0.05, 0) is 34.9 Å². The molecule has 1 aliphatic heterocycles. The van der Waals surface area contributed by atoms with E-state index >= 15 is 0 Å². The minimum absolute atomic E-state index is 0.292. The van der Waals surface area contributed by atoms with E-state index in [9.17, 15) is 9.90 Å². The Morgan fingerprint density at radius 2 is 2.05 bits per heavy atom. The van der Waals surface area contributed by atoms with Crippen LogP contribution in [0, 0.1) is 11.8 Å². The molecule has 0 amide bonds. The number of hydrogen-bond acceptors (Lipinski definition) is 5. The Kier molecular flexibility index (Phi) is 3.55. The van der Waals surface area contributed by atoms with Gasteiger partial charge in [0.15, 0.2) is 0 Å². The number of anilines is 1. The molecule has 2 atom stereocenters. The first-order chi connectivity index (χ1) is 10.1. The molecular formula is C14H17N5O2. The van der Waals surface area contributed by atoms with Crippen LogP contribution < -0.4 is 4.90 Å². The summed E-state index contributed by atoms with van der Waals surface area (Å²) in [7, 11) is 0. The Morgan fingerprint density at radius 1 is 1.29 bits per heavy atom. The summed E-state index contributed by atoms with van der Waals surface area (Å²) in [5.41, 5.74) is 0.864. The van der Waals surface area contributed by atoms with Crippen LogP contribution in [0.5, 0.6) is 0 Å². The van der Waals surface area contributed by atoms with Crippen molar-refractivity contribution < 1.29 is 9.90 Å². The Balaban J connectivity index is 1.91. The number of aliphatic carboxylic acids is 1. The second kappa shape index (κ2) is 5.51. The van der Waals surface area contributed by atoms with Crippen LogP contribution in [0.3, 0.4) is 0 Å². The fourth-order valence-corrected chi connectivity index (χ4v) is 2.81. The van der Waals surface area contributed by atoms with E-state index in [0.717, 1.165) is 12.2 Å². The first kappa shape index (κ1) is 13.5. The molecule has 110 valence electrons. The summed E-state index contributed by atoms with van der Waals surface area (Å²) in [4.78, 5) is 13.2. The first-order valence-electron chi connectivity index (χ1n) is 6.96. The van der Waals surface area contributed by atoms with Gasteiger partial charge in [0.1, 0.15) is 0 Å². The van der Waals surface area contributed by atoms with Gasteiger partial charge in [-0.2, -0.15) is 4.68 Å². The topological polar surface area (TPSA) is 84.1 Å². The van der Waals surface area contributed by atoms with E-state index in [4.69, 9.17) is 0 Å². The number of tetrazole rings is 1. The van der Waals surface area contributed by atoms with Gasteiger partial charge in [0.25, 0.3) is 0 Å². The summed E-state index contributed by atoms with van der Waals surface area (Å²) < 4.78 is 1.65. The Hall–Kier alpha value is -2.44. The molecule has 1 fully saturated rings. The van der Waals surface area contributed by atoms with Crippen LogP contribution in [0.2, 0.25) is 0 Å². The maximum Gasteiger partial charge on any atom is 0.308 e. The smallest absolute Gasteiger partial charge is 0.308 e. The molecule has 2 heterocycles. The Labute approximate surface area is 122 Å². The molecule has 0 bridgehead atoms. The van der Waals surface area contributed by atoms with E-state index in [1.807, 2.05) is 35.2 Å². The van der Waals surface area contributed by atoms with Gasteiger partial charge in [-0.3, -0.25) is 4.79 Å². The van der Waals surface area contributed by atoms with Gasteiger partial charge in [0.05, 0.1) is 11.6 Å². The van der Waals surface area contributed by atoms with E-state index in [1.165, 1.54) is 0 Å². The largest absolute Gasteiger partial charge is 0.481 e. The molecule has 0 spiro atoms. The van der Waals surface area contributed by atoms with Gasteiger partial charge in [0.2, 0.25) is 5.95 Å². The minimum Gasteiger partial charge on any atom is -0.481 e. The van der Waals surface area contributed by atoms with Crippen molar-refractivity contribution in [3.63, 3.8) is 0 Å². The summed E-state index contributed by atoms with van der Waals surface area (Å²) in [6.07, 6.45) is 0.693. The summed E-state index contributed by atoms with van der Waals surface area (Å²) in [5, 5.41) is 21.1. The molecule has 2 unspecified atom stereocenters. The van der Waals surface area contributed by atoms with Gasteiger partial charge >= 0.3 is 5.97 Å². The first-order valence-corrected chi connectivity index (χ1v) is 6.96. The molecule has 7 heteroatoms. The second-order valence-electron chi connectivity index (χ2n) is 5.51. The third-order valence-electron chi connectivity index (χ3n) is 3.75. The second-order valence-corrected chi connectivity index (χ2v) is 5.51. The highest BCUT2D eigenvalue weighted by Crippen LogP contribution is 2.26. The molecule has 0 aliphatic carbocycles. The Morgan fingerprint density at radius 3 is 2.76 bits per heavy atom. The van der Waals surface area contributed by atoms with E-state index in [0.29, 0.717) is 24.8 Å². The fourth-order valence-electron chi connectivity index (χ4n) is 2.81.